The summed E-state index contributed by atoms with van der Waals surface area (Å²) in [5, 5.41) is 9.64. The van der Waals surface area contributed by atoms with Crippen LogP contribution < -0.4 is 4.74 Å². The fourth-order valence-corrected chi connectivity index (χ4v) is 3.53. The standard InChI is InChI=1S/C25H42O3/c1-3-4-5-6-7-8-9-10-11-12-13-14-15-16-17-21-25(27)28-24-20-18-19-23(26)22(24)2/h18-20,26H,3-17,21H2,1-2H3. The second-order valence-corrected chi connectivity index (χ2v) is 8.07. The molecule has 1 aromatic carbocycles. The van der Waals surface area contributed by atoms with Crippen LogP contribution in [0.1, 0.15) is 115 Å². The molecule has 1 aromatic rings. The quantitative estimate of drug-likeness (QED) is 0.167. The van der Waals surface area contributed by atoms with Crippen LogP contribution in [-0.4, -0.2) is 11.1 Å². The topological polar surface area (TPSA) is 46.5 Å². The summed E-state index contributed by atoms with van der Waals surface area (Å²) in [5.41, 5.74) is 0.618. The molecule has 3 nitrogen and oxygen atoms in total. The minimum absolute atomic E-state index is 0.164. The fourth-order valence-electron chi connectivity index (χ4n) is 3.53. The molecule has 0 aliphatic rings. The summed E-state index contributed by atoms with van der Waals surface area (Å²) in [4.78, 5) is 11.9. The van der Waals surface area contributed by atoms with Crippen LogP contribution >= 0.6 is 0 Å². The van der Waals surface area contributed by atoms with Crippen LogP contribution in [0.2, 0.25) is 0 Å². The molecule has 1 N–H and O–H groups in total. The predicted octanol–water partition coefficient (Wildman–Crippen LogP) is 7.87. The van der Waals surface area contributed by atoms with E-state index in [2.05, 4.69) is 6.92 Å². The fraction of sp³-hybridized carbons (Fsp3) is 0.720. The normalized spacial score (nSPS) is 10.9. The van der Waals surface area contributed by atoms with Crippen molar-refractivity contribution in [3.63, 3.8) is 0 Å². The maximum Gasteiger partial charge on any atom is 0.311 e. The van der Waals surface area contributed by atoms with Gasteiger partial charge in [0.1, 0.15) is 11.5 Å². The van der Waals surface area contributed by atoms with Crippen LogP contribution in [0.3, 0.4) is 0 Å². The zero-order valence-electron chi connectivity index (χ0n) is 18.3. The summed E-state index contributed by atoms with van der Waals surface area (Å²) >= 11 is 0. The largest absolute Gasteiger partial charge is 0.508 e. The first kappa shape index (κ1) is 24.5. The number of hydrogen-bond acceptors (Lipinski definition) is 3. The Morgan fingerprint density at radius 1 is 0.786 bits per heavy atom. The van der Waals surface area contributed by atoms with Gasteiger partial charge in [-0.05, 0) is 25.5 Å². The highest BCUT2D eigenvalue weighted by Gasteiger charge is 2.09. The third-order valence-corrected chi connectivity index (χ3v) is 5.46. The zero-order valence-corrected chi connectivity index (χ0v) is 18.3. The molecule has 0 spiro atoms. The monoisotopic (exact) mass is 390 g/mol. The molecule has 0 aliphatic heterocycles. The van der Waals surface area contributed by atoms with Crippen molar-refractivity contribution in [2.45, 2.75) is 117 Å². The lowest BCUT2D eigenvalue weighted by atomic mass is 10.0. The highest BCUT2D eigenvalue weighted by atomic mass is 16.5. The molecule has 0 unspecified atom stereocenters. The molecule has 0 bridgehead atoms. The molecule has 0 aliphatic carbocycles. The molecule has 1 rings (SSSR count). The van der Waals surface area contributed by atoms with Crippen LogP contribution in [0.5, 0.6) is 11.5 Å². The minimum atomic E-state index is -0.205. The maximum absolute atomic E-state index is 11.9. The Bertz CT molecular complexity index is 525. The molecule has 3 heteroatoms. The van der Waals surface area contributed by atoms with Crippen LogP contribution in [-0.2, 0) is 4.79 Å². The van der Waals surface area contributed by atoms with Crippen molar-refractivity contribution in [3.05, 3.63) is 23.8 Å². The van der Waals surface area contributed by atoms with Crippen LogP contribution in [0.15, 0.2) is 18.2 Å². The van der Waals surface area contributed by atoms with Gasteiger partial charge in [-0.25, -0.2) is 0 Å². The molecule has 0 saturated carbocycles. The van der Waals surface area contributed by atoms with E-state index in [1.54, 1.807) is 25.1 Å². The average molecular weight is 391 g/mol. The van der Waals surface area contributed by atoms with E-state index in [-0.39, 0.29) is 11.7 Å². The van der Waals surface area contributed by atoms with Crippen molar-refractivity contribution >= 4 is 5.97 Å². The van der Waals surface area contributed by atoms with Crippen LogP contribution in [0.25, 0.3) is 0 Å². The molecule has 0 heterocycles. The summed E-state index contributed by atoms with van der Waals surface area (Å²) in [7, 11) is 0. The SMILES string of the molecule is CCCCCCCCCCCCCCCCCC(=O)Oc1cccc(O)c1C. The van der Waals surface area contributed by atoms with Gasteiger partial charge >= 0.3 is 5.97 Å². The number of ether oxygens (including phenoxy) is 1. The lowest BCUT2D eigenvalue weighted by molar-refractivity contribution is -0.134. The number of unbranched alkanes of at least 4 members (excludes halogenated alkanes) is 14. The van der Waals surface area contributed by atoms with E-state index in [0.29, 0.717) is 17.7 Å². The lowest BCUT2D eigenvalue weighted by Gasteiger charge is -2.08. The Kier molecular flexibility index (Phi) is 14.4. The van der Waals surface area contributed by atoms with Gasteiger partial charge in [0.25, 0.3) is 0 Å². The van der Waals surface area contributed by atoms with Crippen LogP contribution in [0, 0.1) is 6.92 Å². The second-order valence-electron chi connectivity index (χ2n) is 8.07. The molecule has 0 radical (unpaired) electrons. The van der Waals surface area contributed by atoms with Gasteiger partial charge in [0.2, 0.25) is 0 Å². The van der Waals surface area contributed by atoms with E-state index in [4.69, 9.17) is 4.74 Å². The summed E-state index contributed by atoms with van der Waals surface area (Å²) in [6.45, 7) is 4.03. The van der Waals surface area contributed by atoms with Gasteiger partial charge in [0.15, 0.2) is 0 Å². The number of phenolic OH excluding ortho intramolecular Hbond substituents is 1. The smallest absolute Gasteiger partial charge is 0.311 e. The Hall–Kier alpha value is -1.51. The van der Waals surface area contributed by atoms with E-state index in [9.17, 15) is 9.90 Å². The summed E-state index contributed by atoms with van der Waals surface area (Å²) in [6, 6.07) is 5.01. The molecule has 0 aromatic heterocycles. The van der Waals surface area contributed by atoms with Gasteiger partial charge in [-0.3, -0.25) is 4.79 Å². The van der Waals surface area contributed by atoms with E-state index in [0.717, 1.165) is 12.8 Å². The number of hydrogen-bond donors (Lipinski definition) is 1. The third-order valence-electron chi connectivity index (χ3n) is 5.46. The van der Waals surface area contributed by atoms with E-state index >= 15 is 0 Å². The van der Waals surface area contributed by atoms with Gasteiger partial charge in [-0.2, -0.15) is 0 Å². The molecular weight excluding hydrogens is 348 g/mol. The first-order valence-electron chi connectivity index (χ1n) is 11.6. The summed E-state index contributed by atoms with van der Waals surface area (Å²) in [5.74, 6) is 0.423. The van der Waals surface area contributed by atoms with Crippen molar-refractivity contribution < 1.29 is 14.6 Å². The minimum Gasteiger partial charge on any atom is -0.508 e. The van der Waals surface area contributed by atoms with E-state index < -0.39 is 0 Å². The van der Waals surface area contributed by atoms with Gasteiger partial charge in [0.05, 0.1) is 0 Å². The predicted molar refractivity (Wildman–Crippen MR) is 118 cm³/mol. The molecule has 0 saturated heterocycles. The van der Waals surface area contributed by atoms with Crippen molar-refractivity contribution in [1.29, 1.82) is 0 Å². The Labute approximate surface area is 172 Å². The van der Waals surface area contributed by atoms with E-state index in [1.165, 1.54) is 83.5 Å². The van der Waals surface area contributed by atoms with Gasteiger partial charge in [-0.15, -0.1) is 0 Å². The maximum atomic E-state index is 11.9. The third kappa shape index (κ3) is 12.0. The number of carbonyl (C=O) groups is 1. The van der Waals surface area contributed by atoms with Gasteiger partial charge in [0, 0.05) is 12.0 Å². The van der Waals surface area contributed by atoms with Crippen molar-refractivity contribution in [2.75, 3.05) is 0 Å². The Morgan fingerprint density at radius 2 is 1.25 bits per heavy atom. The average Bonchev–Trinajstić information content (AvgIpc) is 2.68. The number of benzene rings is 1. The first-order valence-corrected chi connectivity index (χ1v) is 11.6. The van der Waals surface area contributed by atoms with Crippen molar-refractivity contribution in [1.82, 2.24) is 0 Å². The number of aromatic hydroxyl groups is 1. The molecule has 0 fully saturated rings. The highest BCUT2D eigenvalue weighted by Crippen LogP contribution is 2.26. The van der Waals surface area contributed by atoms with Crippen molar-refractivity contribution in [2.24, 2.45) is 0 Å². The Morgan fingerprint density at radius 3 is 1.75 bits per heavy atom. The van der Waals surface area contributed by atoms with E-state index in [1.807, 2.05) is 0 Å². The van der Waals surface area contributed by atoms with Gasteiger partial charge in [-0.1, -0.05) is 103 Å². The summed E-state index contributed by atoms with van der Waals surface area (Å²) in [6.07, 6.45) is 20.2. The number of esters is 1. The molecule has 28 heavy (non-hydrogen) atoms. The molecule has 160 valence electrons. The zero-order chi connectivity index (χ0) is 20.5. The summed E-state index contributed by atoms with van der Waals surface area (Å²) < 4.78 is 5.35. The second kappa shape index (κ2) is 16.4. The van der Waals surface area contributed by atoms with Gasteiger partial charge < -0.3 is 9.84 Å². The highest BCUT2D eigenvalue weighted by molar-refractivity contribution is 5.73. The van der Waals surface area contributed by atoms with Crippen molar-refractivity contribution in [3.8, 4) is 11.5 Å². The van der Waals surface area contributed by atoms with Crippen LogP contribution in [0.4, 0.5) is 0 Å². The Balaban J connectivity index is 1.87. The molecule has 0 amide bonds. The number of rotatable bonds is 17. The number of carbonyl (C=O) groups excluding carboxylic acids is 1. The molecular formula is C25H42O3. The molecule has 0 atom stereocenters. The first-order chi connectivity index (χ1) is 13.6. The number of phenols is 1. The lowest BCUT2D eigenvalue weighted by Crippen LogP contribution is -2.08.